The SMILES string of the molecule is C=CCN(C)CCCCCCOc1ccc(N(C)S(=O)(=O)NCC(F)(F)F)cc1. The highest BCUT2D eigenvalue weighted by molar-refractivity contribution is 7.90. The zero-order valence-electron chi connectivity index (χ0n) is 16.9. The molecule has 0 amide bonds. The largest absolute Gasteiger partial charge is 0.494 e. The predicted molar refractivity (Wildman–Crippen MR) is 109 cm³/mol. The first-order valence-corrected chi connectivity index (χ1v) is 10.8. The standard InChI is InChI=1S/C19H30F3N3O3S/c1-4-13-24(2)14-7-5-6-8-15-28-18-11-9-17(10-12-18)25(3)29(26,27)23-16-19(20,21)22/h4,9-12,23H,1,5-8,13-16H2,2-3H3. The lowest BCUT2D eigenvalue weighted by Gasteiger charge is -2.20. The van der Waals surface area contributed by atoms with Gasteiger partial charge in [-0.25, -0.2) is 0 Å². The maximum Gasteiger partial charge on any atom is 0.402 e. The monoisotopic (exact) mass is 437 g/mol. The lowest BCUT2D eigenvalue weighted by molar-refractivity contribution is -0.121. The zero-order chi connectivity index (χ0) is 21.9. The number of benzene rings is 1. The summed E-state index contributed by atoms with van der Waals surface area (Å²) in [4.78, 5) is 2.21. The van der Waals surface area contributed by atoms with E-state index < -0.39 is 22.9 Å². The Morgan fingerprint density at radius 3 is 2.31 bits per heavy atom. The molecule has 166 valence electrons. The third-order valence-electron chi connectivity index (χ3n) is 4.16. The van der Waals surface area contributed by atoms with Crippen molar-refractivity contribution >= 4 is 15.9 Å². The van der Waals surface area contributed by atoms with Gasteiger partial charge >= 0.3 is 16.4 Å². The lowest BCUT2D eigenvalue weighted by Crippen LogP contribution is -2.42. The van der Waals surface area contributed by atoms with E-state index in [9.17, 15) is 21.6 Å². The van der Waals surface area contributed by atoms with Crippen LogP contribution in [0.1, 0.15) is 25.7 Å². The Hall–Kier alpha value is -1.78. The van der Waals surface area contributed by atoms with E-state index in [1.807, 2.05) is 6.08 Å². The third kappa shape index (κ3) is 10.5. The number of halogens is 3. The van der Waals surface area contributed by atoms with E-state index in [0.29, 0.717) is 12.4 Å². The summed E-state index contributed by atoms with van der Waals surface area (Å²) in [5.74, 6) is 0.577. The fourth-order valence-corrected chi connectivity index (χ4v) is 3.44. The topological polar surface area (TPSA) is 61.9 Å². The Kier molecular flexibility index (Phi) is 10.5. The molecule has 0 aliphatic carbocycles. The fourth-order valence-electron chi connectivity index (χ4n) is 2.50. The van der Waals surface area contributed by atoms with E-state index in [2.05, 4.69) is 18.5 Å². The number of alkyl halides is 3. The number of ether oxygens (including phenoxy) is 1. The van der Waals surface area contributed by atoms with Crippen LogP contribution in [0.4, 0.5) is 18.9 Å². The quantitative estimate of drug-likeness (QED) is 0.357. The number of hydrogen-bond donors (Lipinski definition) is 1. The molecule has 29 heavy (non-hydrogen) atoms. The molecule has 0 saturated carbocycles. The van der Waals surface area contributed by atoms with E-state index >= 15 is 0 Å². The second kappa shape index (κ2) is 12.0. The van der Waals surface area contributed by atoms with Gasteiger partial charge in [-0.3, -0.25) is 4.31 Å². The van der Waals surface area contributed by atoms with E-state index in [-0.39, 0.29) is 5.69 Å². The molecule has 1 aromatic rings. The van der Waals surface area contributed by atoms with Crippen LogP contribution in [0.3, 0.4) is 0 Å². The van der Waals surface area contributed by atoms with Gasteiger partial charge < -0.3 is 9.64 Å². The molecule has 0 aliphatic heterocycles. The molecule has 0 saturated heterocycles. The van der Waals surface area contributed by atoms with E-state index in [4.69, 9.17) is 4.74 Å². The summed E-state index contributed by atoms with van der Waals surface area (Å²) in [6.07, 6.45) is 1.44. The summed E-state index contributed by atoms with van der Waals surface area (Å²) in [6.45, 7) is 4.55. The van der Waals surface area contributed by atoms with Crippen LogP contribution in [-0.2, 0) is 10.2 Å². The maximum atomic E-state index is 12.2. The molecule has 0 aromatic heterocycles. The highest BCUT2D eigenvalue weighted by atomic mass is 32.2. The molecule has 0 aliphatic rings. The number of likely N-dealkylation sites (N-methyl/N-ethyl adjacent to an activating group) is 1. The maximum absolute atomic E-state index is 12.2. The molecule has 0 bridgehead atoms. The van der Waals surface area contributed by atoms with Crippen LogP contribution in [0.2, 0.25) is 0 Å². The van der Waals surface area contributed by atoms with Crippen LogP contribution in [0.5, 0.6) is 5.75 Å². The Morgan fingerprint density at radius 2 is 1.72 bits per heavy atom. The van der Waals surface area contributed by atoms with E-state index in [1.54, 1.807) is 12.1 Å². The van der Waals surface area contributed by atoms with Gasteiger partial charge in [0.1, 0.15) is 12.3 Å². The smallest absolute Gasteiger partial charge is 0.402 e. The third-order valence-corrected chi connectivity index (χ3v) is 5.60. The number of anilines is 1. The van der Waals surface area contributed by atoms with Crippen LogP contribution >= 0.6 is 0 Å². The van der Waals surface area contributed by atoms with Crippen molar-refractivity contribution in [2.75, 3.05) is 44.6 Å². The highest BCUT2D eigenvalue weighted by Gasteiger charge is 2.31. The van der Waals surface area contributed by atoms with Crippen molar-refractivity contribution in [2.24, 2.45) is 0 Å². The van der Waals surface area contributed by atoms with Crippen LogP contribution in [0.25, 0.3) is 0 Å². The molecule has 0 spiro atoms. The minimum absolute atomic E-state index is 0.232. The van der Waals surface area contributed by atoms with Crippen LogP contribution in [0, 0.1) is 0 Å². The summed E-state index contributed by atoms with van der Waals surface area (Å²) in [6, 6.07) is 6.15. The van der Waals surface area contributed by atoms with Crippen molar-refractivity contribution < 1.29 is 26.3 Å². The molecule has 1 aromatic carbocycles. The Labute approximate surface area is 171 Å². The van der Waals surface area contributed by atoms with Gasteiger partial charge in [-0.2, -0.15) is 26.3 Å². The van der Waals surface area contributed by atoms with E-state index in [1.165, 1.54) is 23.9 Å². The van der Waals surface area contributed by atoms with Crippen molar-refractivity contribution in [3.63, 3.8) is 0 Å². The first-order chi connectivity index (χ1) is 13.5. The van der Waals surface area contributed by atoms with Crippen molar-refractivity contribution in [1.82, 2.24) is 9.62 Å². The van der Waals surface area contributed by atoms with Crippen molar-refractivity contribution in [3.05, 3.63) is 36.9 Å². The number of nitrogens with one attached hydrogen (secondary N) is 1. The minimum Gasteiger partial charge on any atom is -0.494 e. The first kappa shape index (κ1) is 25.3. The summed E-state index contributed by atoms with van der Waals surface area (Å²) in [5.41, 5.74) is 0.232. The average molecular weight is 438 g/mol. The summed E-state index contributed by atoms with van der Waals surface area (Å²) < 4.78 is 68.4. The van der Waals surface area contributed by atoms with Gasteiger partial charge in [0.15, 0.2) is 0 Å². The number of rotatable bonds is 14. The van der Waals surface area contributed by atoms with Gasteiger partial charge in [-0.1, -0.05) is 18.9 Å². The van der Waals surface area contributed by atoms with Gasteiger partial charge in [0.2, 0.25) is 0 Å². The molecule has 0 fully saturated rings. The van der Waals surface area contributed by atoms with Gasteiger partial charge in [0, 0.05) is 13.6 Å². The molecule has 1 N–H and O–H groups in total. The predicted octanol–water partition coefficient (Wildman–Crippen LogP) is 3.58. The molecule has 0 atom stereocenters. The van der Waals surface area contributed by atoms with Crippen molar-refractivity contribution in [1.29, 1.82) is 0 Å². The number of hydrogen-bond acceptors (Lipinski definition) is 4. The number of unbranched alkanes of at least 4 members (excludes halogenated alkanes) is 3. The van der Waals surface area contributed by atoms with Gasteiger partial charge in [0.25, 0.3) is 0 Å². The van der Waals surface area contributed by atoms with Crippen LogP contribution in [0.15, 0.2) is 36.9 Å². The van der Waals surface area contributed by atoms with Crippen LogP contribution in [-0.4, -0.2) is 59.8 Å². The van der Waals surface area contributed by atoms with Gasteiger partial charge in [0.05, 0.1) is 12.3 Å². The molecular weight excluding hydrogens is 407 g/mol. The molecule has 6 nitrogen and oxygen atoms in total. The Morgan fingerprint density at radius 1 is 1.10 bits per heavy atom. The first-order valence-electron chi connectivity index (χ1n) is 9.38. The second-order valence-corrected chi connectivity index (χ2v) is 8.50. The lowest BCUT2D eigenvalue weighted by atomic mass is 10.2. The second-order valence-electron chi connectivity index (χ2n) is 6.72. The van der Waals surface area contributed by atoms with Crippen LogP contribution < -0.4 is 13.8 Å². The van der Waals surface area contributed by atoms with Crippen molar-refractivity contribution in [2.45, 2.75) is 31.9 Å². The zero-order valence-corrected chi connectivity index (χ0v) is 17.7. The Bertz CT molecular complexity index is 710. The Balaban J connectivity index is 2.35. The number of nitrogens with zero attached hydrogens (tertiary/aromatic N) is 2. The van der Waals surface area contributed by atoms with E-state index in [0.717, 1.165) is 43.1 Å². The average Bonchev–Trinajstić information content (AvgIpc) is 2.65. The van der Waals surface area contributed by atoms with Gasteiger partial charge in [-0.05, 0) is 50.7 Å². The molecule has 0 radical (unpaired) electrons. The summed E-state index contributed by atoms with van der Waals surface area (Å²) in [5, 5.41) is 0. The normalized spacial score (nSPS) is 12.2. The molecule has 0 heterocycles. The molecule has 1 rings (SSSR count). The summed E-state index contributed by atoms with van der Waals surface area (Å²) >= 11 is 0. The molecule has 0 unspecified atom stereocenters. The minimum atomic E-state index is -4.62. The molecule has 10 heteroatoms. The molecular formula is C19H30F3N3O3S. The van der Waals surface area contributed by atoms with Gasteiger partial charge in [-0.15, -0.1) is 6.58 Å². The fraction of sp³-hybridized carbons (Fsp3) is 0.579. The highest BCUT2D eigenvalue weighted by Crippen LogP contribution is 2.21. The van der Waals surface area contributed by atoms with Crippen molar-refractivity contribution in [3.8, 4) is 5.75 Å². The summed E-state index contributed by atoms with van der Waals surface area (Å²) in [7, 11) is -1.04.